The van der Waals surface area contributed by atoms with E-state index in [9.17, 15) is 10.2 Å². The van der Waals surface area contributed by atoms with Crippen molar-refractivity contribution in [2.75, 3.05) is 11.5 Å². The number of halogens is 2. The van der Waals surface area contributed by atoms with E-state index in [4.69, 9.17) is 34.7 Å². The second kappa shape index (κ2) is 5.47. The molecule has 3 aromatic rings. The molecule has 0 fully saturated rings. The summed E-state index contributed by atoms with van der Waals surface area (Å²) < 4.78 is 0. The summed E-state index contributed by atoms with van der Waals surface area (Å²) in [6, 6.07) is 0. The summed E-state index contributed by atoms with van der Waals surface area (Å²) in [7, 11) is 0. The molecule has 0 saturated carbocycles. The summed E-state index contributed by atoms with van der Waals surface area (Å²) in [4.78, 5) is 8.78. The van der Waals surface area contributed by atoms with Gasteiger partial charge in [0, 0.05) is 12.4 Å². The second-order valence-corrected chi connectivity index (χ2v) is 7.08. The molecule has 2 aromatic heterocycles. The van der Waals surface area contributed by atoms with Crippen molar-refractivity contribution >= 4 is 56.1 Å². The second-order valence-electron chi connectivity index (χ2n) is 4.20. The van der Waals surface area contributed by atoms with Crippen LogP contribution in [0.3, 0.4) is 0 Å². The molecular formula is C12H8Cl2N4O2S2. The highest BCUT2D eigenvalue weighted by molar-refractivity contribution is 7.19. The number of phenolic OH excluding ortho intramolecular Hbond substituents is 2. The van der Waals surface area contributed by atoms with Crippen LogP contribution in [-0.2, 0) is 0 Å². The molecule has 0 spiro atoms. The van der Waals surface area contributed by atoms with E-state index in [0.717, 1.165) is 22.7 Å². The third kappa shape index (κ3) is 2.34. The fourth-order valence-electron chi connectivity index (χ4n) is 1.92. The van der Waals surface area contributed by atoms with Crippen molar-refractivity contribution in [3.63, 3.8) is 0 Å². The standard InChI is InChI=1S/C12H8Cl2N4O2S2/c13-7-5(3-1-17-11(15)21-3)9(19)8(14)6(10(7)20)4-2-18-12(16)22-4/h1-2,19-20H,(H2,15,17)(H2,16,18). The lowest BCUT2D eigenvalue weighted by Crippen LogP contribution is -1.86. The van der Waals surface area contributed by atoms with E-state index in [1.54, 1.807) is 0 Å². The number of nitrogens with zero attached hydrogens (tertiary/aromatic N) is 2. The molecule has 3 rings (SSSR count). The van der Waals surface area contributed by atoms with Crippen LogP contribution in [0.1, 0.15) is 0 Å². The van der Waals surface area contributed by atoms with Crippen LogP contribution in [0.15, 0.2) is 12.4 Å². The van der Waals surface area contributed by atoms with Gasteiger partial charge in [-0.15, -0.1) is 0 Å². The van der Waals surface area contributed by atoms with Gasteiger partial charge in [0.25, 0.3) is 0 Å². The number of rotatable bonds is 2. The highest BCUT2D eigenvalue weighted by atomic mass is 35.5. The smallest absolute Gasteiger partial charge is 0.180 e. The van der Waals surface area contributed by atoms with Crippen molar-refractivity contribution in [2.24, 2.45) is 0 Å². The lowest BCUT2D eigenvalue weighted by Gasteiger charge is -2.13. The van der Waals surface area contributed by atoms with Crippen molar-refractivity contribution in [3.05, 3.63) is 22.4 Å². The zero-order valence-electron chi connectivity index (χ0n) is 10.7. The van der Waals surface area contributed by atoms with E-state index in [-0.39, 0.29) is 32.7 Å². The minimum atomic E-state index is -0.268. The Labute approximate surface area is 142 Å². The molecule has 10 heteroatoms. The van der Waals surface area contributed by atoms with Crippen LogP contribution in [0.4, 0.5) is 10.3 Å². The van der Waals surface area contributed by atoms with Crippen LogP contribution in [0, 0.1) is 0 Å². The molecule has 6 N–H and O–H groups in total. The SMILES string of the molecule is Nc1ncc(-c2c(O)c(Cl)c(-c3cnc(N)s3)c(O)c2Cl)s1. The predicted molar refractivity (Wildman–Crippen MR) is 90.8 cm³/mol. The van der Waals surface area contributed by atoms with E-state index in [1.807, 2.05) is 0 Å². The first kappa shape index (κ1) is 15.2. The molecule has 0 aliphatic carbocycles. The number of hydrogen-bond acceptors (Lipinski definition) is 8. The van der Waals surface area contributed by atoms with Crippen LogP contribution in [-0.4, -0.2) is 20.2 Å². The van der Waals surface area contributed by atoms with E-state index in [2.05, 4.69) is 9.97 Å². The molecule has 1 aromatic carbocycles. The maximum Gasteiger partial charge on any atom is 0.180 e. The molecule has 22 heavy (non-hydrogen) atoms. The number of thiazole rings is 2. The third-order valence-corrected chi connectivity index (χ3v) is 5.29. The lowest BCUT2D eigenvalue weighted by atomic mass is 10.1. The van der Waals surface area contributed by atoms with Crippen LogP contribution in [0.25, 0.3) is 20.9 Å². The van der Waals surface area contributed by atoms with Gasteiger partial charge in [0.1, 0.15) is 11.5 Å². The van der Waals surface area contributed by atoms with Gasteiger partial charge < -0.3 is 21.7 Å². The quantitative estimate of drug-likeness (QED) is 0.506. The summed E-state index contributed by atoms with van der Waals surface area (Å²) >= 11 is 14.6. The first-order valence-electron chi connectivity index (χ1n) is 5.76. The van der Waals surface area contributed by atoms with Crippen molar-refractivity contribution in [2.45, 2.75) is 0 Å². The summed E-state index contributed by atoms with van der Waals surface area (Å²) in [5.74, 6) is -0.537. The molecule has 0 bridgehead atoms. The summed E-state index contributed by atoms with van der Waals surface area (Å²) in [5, 5.41) is 21.3. The maximum atomic E-state index is 10.4. The van der Waals surface area contributed by atoms with E-state index < -0.39 is 0 Å². The molecule has 0 unspecified atom stereocenters. The topological polar surface area (TPSA) is 118 Å². The Balaban J connectivity index is 2.29. The molecule has 0 aliphatic rings. The zero-order chi connectivity index (χ0) is 16.0. The minimum Gasteiger partial charge on any atom is -0.506 e. The number of benzene rings is 1. The van der Waals surface area contributed by atoms with Gasteiger partial charge in [-0.05, 0) is 0 Å². The fourth-order valence-corrected chi connectivity index (χ4v) is 4.08. The molecule has 0 atom stereocenters. The molecule has 6 nitrogen and oxygen atoms in total. The highest BCUT2D eigenvalue weighted by Gasteiger charge is 2.25. The molecular weight excluding hydrogens is 367 g/mol. The Hall–Kier alpha value is -1.74. The molecule has 0 saturated heterocycles. The number of anilines is 2. The third-order valence-electron chi connectivity index (χ3n) is 2.87. The van der Waals surface area contributed by atoms with Gasteiger partial charge in [0.15, 0.2) is 10.3 Å². The number of phenols is 2. The largest absolute Gasteiger partial charge is 0.506 e. The number of hydrogen-bond donors (Lipinski definition) is 4. The Morgan fingerprint density at radius 3 is 1.45 bits per heavy atom. The Morgan fingerprint density at radius 1 is 0.818 bits per heavy atom. The van der Waals surface area contributed by atoms with E-state index in [0.29, 0.717) is 20.0 Å². The summed E-state index contributed by atoms with van der Waals surface area (Å²) in [6.07, 6.45) is 2.89. The van der Waals surface area contributed by atoms with Gasteiger partial charge in [0.2, 0.25) is 0 Å². The molecule has 0 radical (unpaired) electrons. The van der Waals surface area contributed by atoms with Crippen molar-refractivity contribution in [3.8, 4) is 32.4 Å². The van der Waals surface area contributed by atoms with Crippen LogP contribution >= 0.6 is 45.9 Å². The Morgan fingerprint density at radius 2 is 1.18 bits per heavy atom. The van der Waals surface area contributed by atoms with Gasteiger partial charge >= 0.3 is 0 Å². The van der Waals surface area contributed by atoms with Crippen LogP contribution in [0.5, 0.6) is 11.5 Å². The highest BCUT2D eigenvalue weighted by Crippen LogP contribution is 2.54. The maximum absolute atomic E-state index is 10.4. The normalized spacial score (nSPS) is 11.0. The van der Waals surface area contributed by atoms with Crippen molar-refractivity contribution < 1.29 is 10.2 Å². The zero-order valence-corrected chi connectivity index (χ0v) is 13.8. The first-order valence-corrected chi connectivity index (χ1v) is 8.15. The number of nitrogen functional groups attached to an aromatic ring is 2. The average Bonchev–Trinajstić information content (AvgIpc) is 3.07. The average molecular weight is 375 g/mol. The number of nitrogens with two attached hydrogens (primary N) is 2. The lowest BCUT2D eigenvalue weighted by molar-refractivity contribution is 0.464. The number of aromatic nitrogens is 2. The Kier molecular flexibility index (Phi) is 3.77. The van der Waals surface area contributed by atoms with Crippen molar-refractivity contribution in [1.82, 2.24) is 9.97 Å². The molecule has 2 heterocycles. The summed E-state index contributed by atoms with van der Waals surface area (Å²) in [5.41, 5.74) is 11.5. The van der Waals surface area contributed by atoms with E-state index >= 15 is 0 Å². The van der Waals surface area contributed by atoms with Gasteiger partial charge in [-0.2, -0.15) is 0 Å². The van der Waals surface area contributed by atoms with Gasteiger partial charge in [-0.3, -0.25) is 0 Å². The van der Waals surface area contributed by atoms with Gasteiger partial charge in [-0.1, -0.05) is 45.9 Å². The van der Waals surface area contributed by atoms with Crippen LogP contribution in [0.2, 0.25) is 10.0 Å². The monoisotopic (exact) mass is 374 g/mol. The Bertz CT molecular complexity index is 778. The molecule has 0 aliphatic heterocycles. The van der Waals surface area contributed by atoms with E-state index in [1.165, 1.54) is 12.4 Å². The minimum absolute atomic E-state index is 0.0486. The van der Waals surface area contributed by atoms with Crippen LogP contribution < -0.4 is 11.5 Å². The fraction of sp³-hybridized carbons (Fsp3) is 0. The van der Waals surface area contributed by atoms with Gasteiger partial charge in [0.05, 0.1) is 30.9 Å². The van der Waals surface area contributed by atoms with Crippen molar-refractivity contribution in [1.29, 1.82) is 0 Å². The number of aromatic hydroxyl groups is 2. The molecule has 0 amide bonds. The first-order chi connectivity index (χ1) is 10.4. The van der Waals surface area contributed by atoms with Gasteiger partial charge in [-0.25, -0.2) is 9.97 Å². The predicted octanol–water partition coefficient (Wildman–Crippen LogP) is 3.82. The molecule has 114 valence electrons. The summed E-state index contributed by atoms with van der Waals surface area (Å²) in [6.45, 7) is 0.